The first-order valence-corrected chi connectivity index (χ1v) is 10.3. The number of alkyl halides is 2. The van der Waals surface area contributed by atoms with E-state index in [9.17, 15) is 18.4 Å². The molecule has 1 heterocycles. The molecule has 1 aromatic heterocycles. The zero-order chi connectivity index (χ0) is 24.0. The number of ether oxygens (including phenoxy) is 3. The van der Waals surface area contributed by atoms with E-state index in [1.165, 1.54) is 26.4 Å². The summed E-state index contributed by atoms with van der Waals surface area (Å²) >= 11 is 0. The largest absolute Gasteiger partial charge is 0.497 e. The molecule has 0 saturated carbocycles. The molecular formula is C24H25F2NO6. The van der Waals surface area contributed by atoms with Gasteiger partial charge in [0.05, 0.1) is 14.2 Å². The van der Waals surface area contributed by atoms with Crippen molar-refractivity contribution < 1.29 is 32.2 Å². The molecule has 1 N–H and O–H groups in total. The lowest BCUT2D eigenvalue weighted by atomic mass is 10.0. The number of benzene rings is 2. The second kappa shape index (κ2) is 10.8. The summed E-state index contributed by atoms with van der Waals surface area (Å²) in [6.07, 6.45) is 0.751. The summed E-state index contributed by atoms with van der Waals surface area (Å²) in [5.41, 5.74) is 1.87. The fourth-order valence-electron chi connectivity index (χ4n) is 3.53. The van der Waals surface area contributed by atoms with Gasteiger partial charge in [-0.1, -0.05) is 6.07 Å². The van der Waals surface area contributed by atoms with E-state index < -0.39 is 12.2 Å². The fraction of sp³-hybridized carbons (Fsp3) is 0.333. The molecular weight excluding hydrogens is 436 g/mol. The van der Waals surface area contributed by atoms with Crippen LogP contribution in [-0.2, 0) is 17.6 Å². The minimum atomic E-state index is -2.97. The summed E-state index contributed by atoms with van der Waals surface area (Å²) in [6, 6.07) is 9.95. The van der Waals surface area contributed by atoms with E-state index in [2.05, 4.69) is 10.1 Å². The van der Waals surface area contributed by atoms with Crippen molar-refractivity contribution in [3.05, 3.63) is 63.5 Å². The van der Waals surface area contributed by atoms with Crippen molar-refractivity contribution in [2.24, 2.45) is 0 Å². The number of aryl methyl sites for hydroxylation is 1. The molecule has 3 rings (SSSR count). The topological polar surface area (TPSA) is 87.0 Å². The van der Waals surface area contributed by atoms with Crippen LogP contribution in [0.3, 0.4) is 0 Å². The van der Waals surface area contributed by atoms with Crippen LogP contribution >= 0.6 is 0 Å². The molecule has 0 aliphatic rings. The lowest BCUT2D eigenvalue weighted by molar-refractivity contribution is -0.121. The minimum absolute atomic E-state index is 0.0625. The number of nitrogens with one attached hydrogen (secondary N) is 1. The van der Waals surface area contributed by atoms with Gasteiger partial charge in [-0.05, 0) is 55.2 Å². The molecule has 0 aliphatic heterocycles. The van der Waals surface area contributed by atoms with E-state index >= 15 is 0 Å². The first-order valence-electron chi connectivity index (χ1n) is 10.3. The number of amides is 1. The molecule has 0 spiro atoms. The molecule has 0 radical (unpaired) electrons. The molecule has 33 heavy (non-hydrogen) atoms. The number of rotatable bonds is 10. The summed E-state index contributed by atoms with van der Waals surface area (Å²) in [5.74, 6) is 0.488. The van der Waals surface area contributed by atoms with Gasteiger partial charge in [-0.2, -0.15) is 8.78 Å². The third kappa shape index (κ3) is 6.00. The highest BCUT2D eigenvalue weighted by Gasteiger charge is 2.14. The van der Waals surface area contributed by atoms with Gasteiger partial charge in [0.1, 0.15) is 11.3 Å². The highest BCUT2D eigenvalue weighted by molar-refractivity contribution is 5.82. The Labute approximate surface area is 189 Å². The maximum atomic E-state index is 12.6. The lowest BCUT2D eigenvalue weighted by Crippen LogP contribution is -2.26. The highest BCUT2D eigenvalue weighted by Crippen LogP contribution is 2.29. The van der Waals surface area contributed by atoms with Gasteiger partial charge < -0.3 is 23.9 Å². The second-order valence-corrected chi connectivity index (χ2v) is 7.32. The Morgan fingerprint density at radius 1 is 1.06 bits per heavy atom. The average molecular weight is 461 g/mol. The molecule has 0 atom stereocenters. The van der Waals surface area contributed by atoms with Crippen molar-refractivity contribution in [1.82, 2.24) is 5.32 Å². The molecule has 9 heteroatoms. The van der Waals surface area contributed by atoms with Crippen LogP contribution in [0.4, 0.5) is 8.78 Å². The zero-order valence-corrected chi connectivity index (χ0v) is 18.6. The van der Waals surface area contributed by atoms with Gasteiger partial charge in [-0.3, -0.25) is 4.79 Å². The second-order valence-electron chi connectivity index (χ2n) is 7.32. The van der Waals surface area contributed by atoms with Crippen molar-refractivity contribution in [3.8, 4) is 17.2 Å². The molecule has 0 fully saturated rings. The van der Waals surface area contributed by atoms with E-state index in [-0.39, 0.29) is 30.2 Å². The number of methoxy groups -OCH3 is 2. The molecule has 176 valence electrons. The first kappa shape index (κ1) is 24.0. The Bertz CT molecular complexity index is 1190. The predicted octanol–water partition coefficient (Wildman–Crippen LogP) is 4.01. The predicted molar refractivity (Wildman–Crippen MR) is 118 cm³/mol. The Morgan fingerprint density at radius 2 is 1.85 bits per heavy atom. The number of carbonyl (C=O) groups excluding carboxylic acids is 1. The number of hydrogen-bond donors (Lipinski definition) is 1. The molecule has 0 unspecified atom stereocenters. The van der Waals surface area contributed by atoms with Crippen molar-refractivity contribution in [3.63, 3.8) is 0 Å². The maximum Gasteiger partial charge on any atom is 0.387 e. The number of halogens is 2. The lowest BCUT2D eigenvalue weighted by Gasteiger charge is -2.12. The number of carbonyl (C=O) groups is 1. The SMILES string of the molecule is COc1ccc2c(C)c(CCC(=O)NCCc3ccc(OC)c(OC(F)F)c3)c(=O)oc2c1. The van der Waals surface area contributed by atoms with E-state index in [0.29, 0.717) is 35.4 Å². The summed E-state index contributed by atoms with van der Waals surface area (Å²) in [7, 11) is 2.89. The van der Waals surface area contributed by atoms with Crippen molar-refractivity contribution in [1.29, 1.82) is 0 Å². The Balaban J connectivity index is 1.58. The quantitative estimate of drug-likeness (QED) is 0.459. The first-order chi connectivity index (χ1) is 15.8. The van der Waals surface area contributed by atoms with Crippen LogP contribution in [0.1, 0.15) is 23.1 Å². The van der Waals surface area contributed by atoms with Gasteiger partial charge >= 0.3 is 12.2 Å². The Morgan fingerprint density at radius 3 is 2.55 bits per heavy atom. The monoisotopic (exact) mass is 461 g/mol. The standard InChI is InChI=1S/C24H25F2NO6/c1-14-17-6-5-16(30-2)13-20(17)32-23(29)18(14)7-9-22(28)27-11-10-15-4-8-19(31-3)21(12-15)33-24(25)26/h4-6,8,12-13,24H,7,9-11H2,1-3H3,(H,27,28). The molecule has 7 nitrogen and oxygen atoms in total. The molecule has 0 aliphatic carbocycles. The van der Waals surface area contributed by atoms with Crippen LogP contribution in [0.5, 0.6) is 17.2 Å². The normalized spacial score (nSPS) is 11.0. The van der Waals surface area contributed by atoms with Gasteiger partial charge in [-0.25, -0.2) is 4.79 Å². The van der Waals surface area contributed by atoms with Gasteiger partial charge in [0, 0.05) is 30.0 Å². The zero-order valence-electron chi connectivity index (χ0n) is 18.6. The van der Waals surface area contributed by atoms with Gasteiger partial charge in [0.25, 0.3) is 0 Å². The number of fused-ring (bicyclic) bond motifs is 1. The van der Waals surface area contributed by atoms with E-state index in [1.54, 1.807) is 18.2 Å². The number of hydrogen-bond acceptors (Lipinski definition) is 6. The van der Waals surface area contributed by atoms with Crippen LogP contribution in [0, 0.1) is 6.92 Å². The van der Waals surface area contributed by atoms with Crippen LogP contribution in [-0.4, -0.2) is 33.3 Å². The highest BCUT2D eigenvalue weighted by atomic mass is 19.3. The van der Waals surface area contributed by atoms with E-state index in [1.807, 2.05) is 13.0 Å². The van der Waals surface area contributed by atoms with Crippen LogP contribution in [0.25, 0.3) is 11.0 Å². The molecule has 0 saturated heterocycles. The van der Waals surface area contributed by atoms with Crippen LogP contribution < -0.4 is 25.2 Å². The maximum absolute atomic E-state index is 12.6. The molecule has 3 aromatic rings. The molecule has 2 aromatic carbocycles. The van der Waals surface area contributed by atoms with Gasteiger partial charge in [0.2, 0.25) is 5.91 Å². The Kier molecular flexibility index (Phi) is 7.87. The van der Waals surface area contributed by atoms with Gasteiger partial charge in [-0.15, -0.1) is 0 Å². The third-order valence-electron chi connectivity index (χ3n) is 5.28. The van der Waals surface area contributed by atoms with E-state index in [0.717, 1.165) is 10.9 Å². The van der Waals surface area contributed by atoms with Crippen LogP contribution in [0.15, 0.2) is 45.6 Å². The summed E-state index contributed by atoms with van der Waals surface area (Å²) in [5, 5.41) is 3.56. The minimum Gasteiger partial charge on any atom is -0.497 e. The summed E-state index contributed by atoms with van der Waals surface area (Å²) in [4.78, 5) is 24.7. The van der Waals surface area contributed by atoms with Crippen molar-refractivity contribution in [2.75, 3.05) is 20.8 Å². The average Bonchev–Trinajstić information content (AvgIpc) is 2.78. The van der Waals surface area contributed by atoms with Crippen LogP contribution in [0.2, 0.25) is 0 Å². The molecule has 0 bridgehead atoms. The fourth-order valence-corrected chi connectivity index (χ4v) is 3.53. The summed E-state index contributed by atoms with van der Waals surface area (Å²) < 4.78 is 45.1. The van der Waals surface area contributed by atoms with E-state index in [4.69, 9.17) is 13.9 Å². The van der Waals surface area contributed by atoms with Crippen molar-refractivity contribution >= 4 is 16.9 Å². The molecule has 1 amide bonds. The summed E-state index contributed by atoms with van der Waals surface area (Å²) in [6.45, 7) is -0.849. The Hall–Kier alpha value is -3.62. The van der Waals surface area contributed by atoms with Gasteiger partial charge in [0.15, 0.2) is 11.5 Å². The van der Waals surface area contributed by atoms with Crippen molar-refractivity contribution in [2.45, 2.75) is 32.8 Å². The third-order valence-corrected chi connectivity index (χ3v) is 5.28. The smallest absolute Gasteiger partial charge is 0.387 e.